The van der Waals surface area contributed by atoms with Crippen molar-refractivity contribution < 1.29 is 4.79 Å². The molecule has 1 aliphatic heterocycles. The fourth-order valence-electron chi connectivity index (χ4n) is 2.35. The summed E-state index contributed by atoms with van der Waals surface area (Å²) in [5.41, 5.74) is -0.223. The van der Waals surface area contributed by atoms with E-state index in [1.807, 2.05) is 4.90 Å². The van der Waals surface area contributed by atoms with Crippen molar-refractivity contribution in [3.63, 3.8) is 0 Å². The van der Waals surface area contributed by atoms with Crippen molar-refractivity contribution in [2.24, 2.45) is 0 Å². The Morgan fingerprint density at radius 2 is 1.82 bits per heavy atom. The first-order valence-corrected chi connectivity index (χ1v) is 7.04. The fourth-order valence-corrected chi connectivity index (χ4v) is 2.35. The van der Waals surface area contributed by atoms with Gasteiger partial charge in [-0.3, -0.25) is 14.2 Å². The number of carbonyl (C=O) groups excluding carboxylic acids is 1. The molecule has 0 N–H and O–H groups in total. The molecule has 0 aliphatic carbocycles. The molecule has 1 aliphatic rings. The van der Waals surface area contributed by atoms with Crippen molar-refractivity contribution in [3.8, 4) is 0 Å². The average Bonchev–Trinajstić information content (AvgIpc) is 2.58. The topological polar surface area (TPSA) is 84.2 Å². The van der Waals surface area contributed by atoms with Crippen LogP contribution >= 0.6 is 0 Å². The first kappa shape index (κ1) is 14.2. The summed E-state index contributed by atoms with van der Waals surface area (Å²) >= 11 is 0. The molecule has 114 valence electrons. The summed E-state index contributed by atoms with van der Waals surface area (Å²) in [7, 11) is 0. The normalized spacial score (nSPS) is 14.9. The van der Waals surface area contributed by atoms with Crippen LogP contribution in [0.15, 0.2) is 41.8 Å². The summed E-state index contributed by atoms with van der Waals surface area (Å²) in [5.74, 6) is 0.599. The summed E-state index contributed by atoms with van der Waals surface area (Å²) in [5, 5.41) is 0. The zero-order valence-corrected chi connectivity index (χ0v) is 12.0. The molecule has 2 aromatic rings. The van der Waals surface area contributed by atoms with Crippen molar-refractivity contribution in [2.75, 3.05) is 31.1 Å². The van der Waals surface area contributed by atoms with Gasteiger partial charge in [-0.15, -0.1) is 0 Å². The van der Waals surface area contributed by atoms with Gasteiger partial charge in [0, 0.05) is 50.8 Å². The molecule has 8 heteroatoms. The predicted octanol–water partition coefficient (Wildman–Crippen LogP) is -0.618. The first-order valence-electron chi connectivity index (χ1n) is 7.04. The van der Waals surface area contributed by atoms with Gasteiger partial charge in [-0.1, -0.05) is 0 Å². The number of amides is 1. The number of piperazine rings is 1. The van der Waals surface area contributed by atoms with E-state index in [-0.39, 0.29) is 18.0 Å². The van der Waals surface area contributed by atoms with Gasteiger partial charge in [-0.25, -0.2) is 15.0 Å². The van der Waals surface area contributed by atoms with E-state index in [0.29, 0.717) is 32.1 Å². The summed E-state index contributed by atoms with van der Waals surface area (Å²) in [6.45, 7) is 2.56. The predicted molar refractivity (Wildman–Crippen MR) is 79.3 cm³/mol. The molecular formula is C14H16N6O2. The SMILES string of the molecule is O=C(Cn1cnccc1=O)N1CCN(c2ncccn2)CC1. The fraction of sp³-hybridized carbons (Fsp3) is 0.357. The number of rotatable bonds is 3. The number of hydrogen-bond donors (Lipinski definition) is 0. The maximum Gasteiger partial charge on any atom is 0.253 e. The van der Waals surface area contributed by atoms with Crippen LogP contribution in [0.4, 0.5) is 5.95 Å². The van der Waals surface area contributed by atoms with Crippen molar-refractivity contribution in [1.29, 1.82) is 0 Å². The Bertz CT molecular complexity index is 694. The number of nitrogens with zero attached hydrogens (tertiary/aromatic N) is 6. The van der Waals surface area contributed by atoms with Gasteiger partial charge < -0.3 is 9.80 Å². The van der Waals surface area contributed by atoms with E-state index in [1.54, 1.807) is 23.4 Å². The van der Waals surface area contributed by atoms with Gasteiger partial charge in [-0.2, -0.15) is 0 Å². The van der Waals surface area contributed by atoms with Gasteiger partial charge >= 0.3 is 0 Å². The van der Waals surface area contributed by atoms with Crippen LogP contribution in [0.2, 0.25) is 0 Å². The van der Waals surface area contributed by atoms with Crippen LogP contribution in [0.3, 0.4) is 0 Å². The smallest absolute Gasteiger partial charge is 0.253 e. The Balaban J connectivity index is 1.58. The van der Waals surface area contributed by atoms with Crippen LogP contribution in [0.5, 0.6) is 0 Å². The molecule has 0 aromatic carbocycles. The molecule has 3 heterocycles. The minimum atomic E-state index is -0.223. The second kappa shape index (κ2) is 6.33. The second-order valence-corrected chi connectivity index (χ2v) is 4.96. The first-order chi connectivity index (χ1) is 10.7. The third-order valence-corrected chi connectivity index (χ3v) is 3.57. The lowest BCUT2D eigenvalue weighted by molar-refractivity contribution is -0.132. The molecule has 0 atom stereocenters. The molecule has 3 rings (SSSR count). The van der Waals surface area contributed by atoms with Gasteiger partial charge in [0.15, 0.2) is 0 Å². The highest BCUT2D eigenvalue weighted by Gasteiger charge is 2.22. The Kier molecular flexibility index (Phi) is 4.08. The summed E-state index contributed by atoms with van der Waals surface area (Å²) in [6.07, 6.45) is 6.21. The lowest BCUT2D eigenvalue weighted by atomic mass is 10.3. The van der Waals surface area contributed by atoms with Crippen molar-refractivity contribution in [3.05, 3.63) is 47.4 Å². The van der Waals surface area contributed by atoms with Crippen LogP contribution in [0.25, 0.3) is 0 Å². The number of hydrogen-bond acceptors (Lipinski definition) is 6. The molecule has 0 bridgehead atoms. The molecule has 0 unspecified atom stereocenters. The van der Waals surface area contributed by atoms with Crippen LogP contribution in [0, 0.1) is 0 Å². The van der Waals surface area contributed by atoms with Gasteiger partial charge in [0.25, 0.3) is 5.56 Å². The van der Waals surface area contributed by atoms with Crippen LogP contribution in [-0.2, 0) is 11.3 Å². The second-order valence-electron chi connectivity index (χ2n) is 4.96. The largest absolute Gasteiger partial charge is 0.338 e. The van der Waals surface area contributed by atoms with Crippen LogP contribution in [0.1, 0.15) is 0 Å². The number of aromatic nitrogens is 4. The zero-order valence-electron chi connectivity index (χ0n) is 12.0. The molecule has 1 amide bonds. The number of anilines is 1. The highest BCUT2D eigenvalue weighted by molar-refractivity contribution is 5.76. The summed E-state index contributed by atoms with van der Waals surface area (Å²) < 4.78 is 1.31. The molecule has 2 aromatic heterocycles. The van der Waals surface area contributed by atoms with Gasteiger partial charge in [0.2, 0.25) is 11.9 Å². The zero-order chi connectivity index (χ0) is 15.4. The van der Waals surface area contributed by atoms with Crippen molar-refractivity contribution >= 4 is 11.9 Å². The maximum atomic E-state index is 12.3. The van der Waals surface area contributed by atoms with E-state index < -0.39 is 0 Å². The van der Waals surface area contributed by atoms with E-state index in [9.17, 15) is 9.59 Å². The lowest BCUT2D eigenvalue weighted by Gasteiger charge is -2.34. The quantitative estimate of drug-likeness (QED) is 0.751. The van der Waals surface area contributed by atoms with Crippen molar-refractivity contribution in [2.45, 2.75) is 6.54 Å². The van der Waals surface area contributed by atoms with E-state index in [2.05, 4.69) is 15.0 Å². The van der Waals surface area contributed by atoms with E-state index in [1.165, 1.54) is 23.2 Å². The highest BCUT2D eigenvalue weighted by atomic mass is 16.2. The van der Waals surface area contributed by atoms with Gasteiger partial charge in [0.1, 0.15) is 6.54 Å². The van der Waals surface area contributed by atoms with E-state index in [0.717, 1.165) is 0 Å². The molecule has 8 nitrogen and oxygen atoms in total. The monoisotopic (exact) mass is 300 g/mol. The Morgan fingerprint density at radius 3 is 2.50 bits per heavy atom. The van der Waals surface area contributed by atoms with Gasteiger partial charge in [-0.05, 0) is 6.07 Å². The molecule has 0 saturated carbocycles. The molecular weight excluding hydrogens is 284 g/mol. The highest BCUT2D eigenvalue weighted by Crippen LogP contribution is 2.09. The molecule has 1 saturated heterocycles. The van der Waals surface area contributed by atoms with Crippen LogP contribution < -0.4 is 10.5 Å². The standard InChI is InChI=1S/C14H16N6O2/c21-12-2-5-15-11-20(12)10-13(22)18-6-8-19(9-7-18)14-16-3-1-4-17-14/h1-5,11H,6-10H2. The summed E-state index contributed by atoms with van der Waals surface area (Å²) in [6, 6.07) is 3.12. The Labute approximate surface area is 127 Å². The lowest BCUT2D eigenvalue weighted by Crippen LogP contribution is -2.50. The minimum absolute atomic E-state index is 0.0223. The maximum absolute atomic E-state index is 12.3. The van der Waals surface area contributed by atoms with E-state index in [4.69, 9.17) is 0 Å². The van der Waals surface area contributed by atoms with Gasteiger partial charge in [0.05, 0.1) is 6.33 Å². The third-order valence-electron chi connectivity index (χ3n) is 3.57. The Hall–Kier alpha value is -2.77. The average molecular weight is 300 g/mol. The van der Waals surface area contributed by atoms with Crippen LogP contribution in [-0.4, -0.2) is 56.5 Å². The minimum Gasteiger partial charge on any atom is -0.338 e. The summed E-state index contributed by atoms with van der Waals surface area (Å²) in [4.78, 5) is 39.9. The van der Waals surface area contributed by atoms with Crippen molar-refractivity contribution in [1.82, 2.24) is 24.4 Å². The molecule has 1 fully saturated rings. The molecule has 0 spiro atoms. The Morgan fingerprint density at radius 1 is 1.09 bits per heavy atom. The van der Waals surface area contributed by atoms with E-state index >= 15 is 0 Å². The molecule has 0 radical (unpaired) electrons. The molecule has 22 heavy (non-hydrogen) atoms. The third kappa shape index (κ3) is 3.11. The number of carbonyl (C=O) groups is 1.